The summed E-state index contributed by atoms with van der Waals surface area (Å²) in [7, 11) is 1.79. The summed E-state index contributed by atoms with van der Waals surface area (Å²) in [4.78, 5) is 27.9. The Hall–Kier alpha value is -3.38. The van der Waals surface area contributed by atoms with E-state index in [-0.39, 0.29) is 17.7 Å². The number of thiophene rings is 1. The van der Waals surface area contributed by atoms with Crippen LogP contribution in [0.25, 0.3) is 21.4 Å². The van der Waals surface area contributed by atoms with E-state index in [0.717, 1.165) is 27.1 Å². The van der Waals surface area contributed by atoms with Crippen LogP contribution in [0.2, 0.25) is 0 Å². The molecule has 3 heterocycles. The first-order valence-electron chi connectivity index (χ1n) is 9.28. The molecule has 1 aliphatic rings. The maximum absolute atomic E-state index is 12.8. The van der Waals surface area contributed by atoms with E-state index < -0.39 is 0 Å². The quantitative estimate of drug-likeness (QED) is 0.478. The molecule has 2 aromatic heterocycles. The van der Waals surface area contributed by atoms with E-state index in [9.17, 15) is 9.59 Å². The zero-order valence-electron chi connectivity index (χ0n) is 15.9. The smallest absolute Gasteiger partial charge is 0.345 e. The molecule has 0 aliphatic carbocycles. The van der Waals surface area contributed by atoms with Gasteiger partial charge in [-0.25, -0.2) is 4.79 Å². The first-order chi connectivity index (χ1) is 14.0. The van der Waals surface area contributed by atoms with Gasteiger partial charge in [-0.3, -0.25) is 4.79 Å². The Morgan fingerprint density at radius 2 is 1.86 bits per heavy atom. The second-order valence-electron chi connectivity index (χ2n) is 7.19. The molecule has 0 saturated carbocycles. The van der Waals surface area contributed by atoms with Crippen LogP contribution in [0, 0.1) is 6.92 Å². The molecule has 0 radical (unpaired) electrons. The Morgan fingerprint density at radius 3 is 2.66 bits per heavy atom. The van der Waals surface area contributed by atoms with Crippen molar-refractivity contribution in [1.82, 2.24) is 4.90 Å². The van der Waals surface area contributed by atoms with Gasteiger partial charge in [0, 0.05) is 23.0 Å². The van der Waals surface area contributed by atoms with Crippen LogP contribution in [0.3, 0.4) is 0 Å². The highest BCUT2D eigenvalue weighted by Crippen LogP contribution is 2.34. The Bertz CT molecular complexity index is 1310. The van der Waals surface area contributed by atoms with Gasteiger partial charge in [0.1, 0.15) is 11.7 Å². The number of fused-ring (bicyclic) bond motifs is 2. The van der Waals surface area contributed by atoms with Crippen LogP contribution < -0.4 is 10.9 Å². The number of nitrogens with zero attached hydrogens (tertiary/aromatic N) is 1. The lowest BCUT2D eigenvalue weighted by atomic mass is 10.00. The zero-order valence-corrected chi connectivity index (χ0v) is 16.7. The summed E-state index contributed by atoms with van der Waals surface area (Å²) in [6.45, 7) is 1.91. The topological polar surface area (TPSA) is 62.6 Å². The molecule has 0 fully saturated rings. The fraction of sp³-hybridized carbons (Fsp3) is 0.130. The molecule has 2 aromatic carbocycles. The third kappa shape index (κ3) is 2.84. The number of hydrogen-bond donors (Lipinski definition) is 1. The van der Waals surface area contributed by atoms with Gasteiger partial charge in [0.25, 0.3) is 5.91 Å². The van der Waals surface area contributed by atoms with Gasteiger partial charge in [-0.15, -0.1) is 11.3 Å². The molecule has 6 heteroatoms. The van der Waals surface area contributed by atoms with E-state index >= 15 is 0 Å². The van der Waals surface area contributed by atoms with E-state index in [1.165, 1.54) is 11.3 Å². The van der Waals surface area contributed by atoms with E-state index in [0.29, 0.717) is 16.7 Å². The summed E-state index contributed by atoms with van der Waals surface area (Å²) in [5.74, 6) is -0.0269. The largest absolute Gasteiger partial charge is 0.422 e. The fourth-order valence-corrected chi connectivity index (χ4v) is 4.58. The van der Waals surface area contributed by atoms with Crippen LogP contribution in [0.5, 0.6) is 0 Å². The predicted molar refractivity (Wildman–Crippen MR) is 115 cm³/mol. The SMILES string of the molecule is Cc1cc(C2Nc3ccccc3C(=O)N2C)cc2cc(-c3cccs3)c(=O)oc12. The van der Waals surface area contributed by atoms with Gasteiger partial charge >= 0.3 is 5.63 Å². The molecule has 0 saturated heterocycles. The molecule has 29 heavy (non-hydrogen) atoms. The lowest BCUT2D eigenvalue weighted by molar-refractivity contribution is 0.0735. The van der Waals surface area contributed by atoms with Gasteiger partial charge in [-0.05, 0) is 59.8 Å². The van der Waals surface area contributed by atoms with Crippen molar-refractivity contribution in [3.8, 4) is 10.4 Å². The average molecular weight is 402 g/mol. The maximum Gasteiger partial charge on any atom is 0.345 e. The number of carbonyl (C=O) groups is 1. The van der Waals surface area contributed by atoms with Crippen LogP contribution >= 0.6 is 11.3 Å². The van der Waals surface area contributed by atoms with Crippen molar-refractivity contribution >= 4 is 33.9 Å². The molecule has 1 unspecified atom stereocenters. The van der Waals surface area contributed by atoms with Crippen LogP contribution in [-0.2, 0) is 0 Å². The molecule has 1 amide bonds. The number of para-hydroxylation sites is 1. The van der Waals surface area contributed by atoms with Crippen molar-refractivity contribution in [2.45, 2.75) is 13.1 Å². The predicted octanol–water partition coefficient (Wildman–Crippen LogP) is 5.03. The minimum Gasteiger partial charge on any atom is -0.422 e. The van der Waals surface area contributed by atoms with E-state index in [2.05, 4.69) is 5.32 Å². The third-order valence-electron chi connectivity index (χ3n) is 5.30. The molecule has 0 spiro atoms. The van der Waals surface area contributed by atoms with Crippen molar-refractivity contribution in [2.75, 3.05) is 12.4 Å². The summed E-state index contributed by atoms with van der Waals surface area (Å²) in [6.07, 6.45) is -0.308. The summed E-state index contributed by atoms with van der Waals surface area (Å²) in [6, 6.07) is 17.2. The van der Waals surface area contributed by atoms with Crippen molar-refractivity contribution < 1.29 is 9.21 Å². The van der Waals surface area contributed by atoms with Crippen molar-refractivity contribution in [2.24, 2.45) is 0 Å². The number of nitrogens with one attached hydrogen (secondary N) is 1. The first-order valence-corrected chi connectivity index (χ1v) is 10.2. The van der Waals surface area contributed by atoms with Gasteiger partial charge in [0.05, 0.1) is 11.1 Å². The lowest BCUT2D eigenvalue weighted by Crippen LogP contribution is -2.40. The van der Waals surface area contributed by atoms with Crippen LogP contribution in [0.1, 0.15) is 27.7 Å². The molecule has 5 rings (SSSR count). The summed E-state index contributed by atoms with van der Waals surface area (Å²) < 4.78 is 5.64. The number of benzene rings is 2. The maximum atomic E-state index is 12.8. The number of hydrogen-bond acceptors (Lipinski definition) is 5. The van der Waals surface area contributed by atoms with Gasteiger partial charge in [0.15, 0.2) is 0 Å². The minimum absolute atomic E-state index is 0.0269. The Morgan fingerprint density at radius 1 is 1.03 bits per heavy atom. The molecular formula is C23H18N2O3S. The van der Waals surface area contributed by atoms with E-state index in [1.807, 2.05) is 66.9 Å². The van der Waals surface area contributed by atoms with Gasteiger partial charge in [0.2, 0.25) is 0 Å². The lowest BCUT2D eigenvalue weighted by Gasteiger charge is -2.35. The number of amides is 1. The zero-order chi connectivity index (χ0) is 20.1. The Balaban J connectivity index is 1.65. The summed E-state index contributed by atoms with van der Waals surface area (Å²) in [5.41, 5.74) is 4.06. The Labute approximate surface area is 171 Å². The van der Waals surface area contributed by atoms with Gasteiger partial charge in [-0.1, -0.05) is 18.2 Å². The second-order valence-corrected chi connectivity index (χ2v) is 8.14. The van der Waals surface area contributed by atoms with Gasteiger partial charge in [-0.2, -0.15) is 0 Å². The van der Waals surface area contributed by atoms with Crippen LogP contribution in [0.4, 0.5) is 5.69 Å². The highest BCUT2D eigenvalue weighted by Gasteiger charge is 2.30. The second kappa shape index (κ2) is 6.60. The summed E-state index contributed by atoms with van der Waals surface area (Å²) in [5, 5.41) is 6.23. The monoisotopic (exact) mass is 402 g/mol. The standard InChI is InChI=1S/C23H18N2O3S/c1-13-10-15(21-24-18-7-4-3-6-16(18)22(26)25(21)2)11-14-12-17(19-8-5-9-29-19)23(27)28-20(13)14/h3-12,21,24H,1-2H3. The Kier molecular flexibility index (Phi) is 4.03. The van der Waals surface area contributed by atoms with Crippen molar-refractivity contribution in [1.29, 1.82) is 0 Å². The fourth-order valence-electron chi connectivity index (χ4n) is 3.85. The molecule has 144 valence electrons. The highest BCUT2D eigenvalue weighted by molar-refractivity contribution is 7.13. The molecule has 4 aromatic rings. The molecule has 1 atom stereocenters. The number of carbonyl (C=O) groups excluding carboxylic acids is 1. The number of aryl methyl sites for hydroxylation is 1. The third-order valence-corrected chi connectivity index (χ3v) is 6.20. The number of anilines is 1. The molecule has 5 nitrogen and oxygen atoms in total. The van der Waals surface area contributed by atoms with E-state index in [1.54, 1.807) is 11.9 Å². The van der Waals surface area contributed by atoms with Gasteiger partial charge < -0.3 is 14.6 Å². The van der Waals surface area contributed by atoms with Crippen molar-refractivity contribution in [3.05, 3.63) is 87.1 Å². The average Bonchev–Trinajstić information content (AvgIpc) is 3.25. The minimum atomic E-state index is -0.340. The molecule has 1 aliphatic heterocycles. The first kappa shape index (κ1) is 17.7. The number of rotatable bonds is 2. The van der Waals surface area contributed by atoms with E-state index in [4.69, 9.17) is 4.42 Å². The molecule has 0 bridgehead atoms. The van der Waals surface area contributed by atoms with Crippen LogP contribution in [-0.4, -0.2) is 17.9 Å². The van der Waals surface area contributed by atoms with Crippen LogP contribution in [0.15, 0.2) is 69.2 Å². The molecule has 1 N–H and O–H groups in total. The summed E-state index contributed by atoms with van der Waals surface area (Å²) >= 11 is 1.50. The van der Waals surface area contributed by atoms with Crippen molar-refractivity contribution in [3.63, 3.8) is 0 Å². The highest BCUT2D eigenvalue weighted by atomic mass is 32.1. The molecular weight excluding hydrogens is 384 g/mol. The normalized spacial score (nSPS) is 16.0.